The van der Waals surface area contributed by atoms with Crippen molar-refractivity contribution in [2.24, 2.45) is 7.05 Å². The molecule has 4 rings (SSSR count). The minimum Gasteiger partial charge on any atom is -0.310 e. The first-order valence-electron chi connectivity index (χ1n) is 7.09. The van der Waals surface area contributed by atoms with Gasteiger partial charge in [0.2, 0.25) is 6.41 Å². The highest BCUT2D eigenvalue weighted by Gasteiger charge is 2.25. The number of aromatic nitrogens is 3. The molecule has 1 amide bonds. The predicted molar refractivity (Wildman–Crippen MR) is 84.1 cm³/mol. The molecular formula is C17H14N4O. The first-order chi connectivity index (χ1) is 10.8. The van der Waals surface area contributed by atoms with Gasteiger partial charge in [-0.15, -0.1) is 5.10 Å². The topological polar surface area (TPSA) is 51.0 Å². The molecule has 0 aliphatic carbocycles. The fourth-order valence-electron chi connectivity index (χ4n) is 3.02. The normalized spacial score (nSPS) is 12.7. The van der Waals surface area contributed by atoms with E-state index in [1.807, 2.05) is 55.6 Å². The molecule has 0 spiro atoms. The molecule has 2 heterocycles. The van der Waals surface area contributed by atoms with Crippen LogP contribution in [0.3, 0.4) is 0 Å². The second-order valence-electron chi connectivity index (χ2n) is 5.32. The molecule has 0 atom stereocenters. The Morgan fingerprint density at radius 1 is 1.05 bits per heavy atom. The van der Waals surface area contributed by atoms with Crippen LogP contribution in [0.1, 0.15) is 5.56 Å². The van der Waals surface area contributed by atoms with E-state index in [4.69, 9.17) is 0 Å². The molecule has 0 radical (unpaired) electrons. The summed E-state index contributed by atoms with van der Waals surface area (Å²) in [5.41, 5.74) is 5.70. The van der Waals surface area contributed by atoms with Gasteiger partial charge in [0, 0.05) is 18.2 Å². The van der Waals surface area contributed by atoms with Gasteiger partial charge in [0.05, 0.1) is 17.9 Å². The molecule has 1 aromatic heterocycles. The zero-order chi connectivity index (χ0) is 15.1. The molecule has 5 heteroatoms. The van der Waals surface area contributed by atoms with E-state index in [9.17, 15) is 4.79 Å². The van der Waals surface area contributed by atoms with Crippen molar-refractivity contribution >= 4 is 12.1 Å². The third kappa shape index (κ3) is 1.75. The second-order valence-corrected chi connectivity index (χ2v) is 5.32. The van der Waals surface area contributed by atoms with Gasteiger partial charge in [0.15, 0.2) is 0 Å². The molecule has 108 valence electrons. The van der Waals surface area contributed by atoms with Gasteiger partial charge in [-0.3, -0.25) is 4.79 Å². The Bertz CT molecular complexity index is 869. The summed E-state index contributed by atoms with van der Waals surface area (Å²) in [6.45, 7) is 0.521. The lowest BCUT2D eigenvalue weighted by Crippen LogP contribution is -2.22. The van der Waals surface area contributed by atoms with E-state index in [-0.39, 0.29) is 0 Å². The lowest BCUT2D eigenvalue weighted by atomic mass is 9.96. The van der Waals surface area contributed by atoms with E-state index in [1.165, 1.54) is 0 Å². The molecule has 0 fully saturated rings. The summed E-state index contributed by atoms with van der Waals surface area (Å²) in [7, 11) is 1.87. The smallest absolute Gasteiger partial charge is 0.214 e. The Balaban J connectivity index is 2.11. The van der Waals surface area contributed by atoms with Gasteiger partial charge in [-0.25, -0.2) is 4.68 Å². The predicted octanol–water partition coefficient (Wildman–Crippen LogP) is 2.63. The van der Waals surface area contributed by atoms with Gasteiger partial charge in [-0.2, -0.15) is 0 Å². The van der Waals surface area contributed by atoms with Gasteiger partial charge in [-0.1, -0.05) is 47.7 Å². The van der Waals surface area contributed by atoms with Gasteiger partial charge in [-0.05, 0) is 11.6 Å². The zero-order valence-corrected chi connectivity index (χ0v) is 12.1. The number of para-hydroxylation sites is 1. The van der Waals surface area contributed by atoms with Crippen molar-refractivity contribution in [2.75, 3.05) is 4.90 Å². The Morgan fingerprint density at radius 2 is 1.77 bits per heavy atom. The van der Waals surface area contributed by atoms with Crippen LogP contribution in [0, 0.1) is 0 Å². The number of hydrogen-bond acceptors (Lipinski definition) is 3. The zero-order valence-electron chi connectivity index (χ0n) is 12.1. The maximum Gasteiger partial charge on any atom is 0.214 e. The summed E-state index contributed by atoms with van der Waals surface area (Å²) in [5, 5.41) is 8.55. The lowest BCUT2D eigenvalue weighted by molar-refractivity contribution is -0.107. The highest BCUT2D eigenvalue weighted by Crippen LogP contribution is 2.39. The first-order valence-corrected chi connectivity index (χ1v) is 7.09. The maximum absolute atomic E-state index is 11.6. The molecule has 0 bridgehead atoms. The summed E-state index contributed by atoms with van der Waals surface area (Å²) in [6, 6.07) is 15.9. The van der Waals surface area contributed by atoms with E-state index in [0.29, 0.717) is 6.54 Å². The van der Waals surface area contributed by atoms with Gasteiger partial charge >= 0.3 is 0 Å². The highest BCUT2D eigenvalue weighted by atomic mass is 16.1. The van der Waals surface area contributed by atoms with Gasteiger partial charge in [0.1, 0.15) is 5.69 Å². The summed E-state index contributed by atoms with van der Waals surface area (Å²) in [4.78, 5) is 13.3. The molecule has 5 nitrogen and oxygen atoms in total. The van der Waals surface area contributed by atoms with Gasteiger partial charge in [0.25, 0.3) is 0 Å². The van der Waals surface area contributed by atoms with Crippen molar-refractivity contribution in [2.45, 2.75) is 6.54 Å². The molecule has 22 heavy (non-hydrogen) atoms. The van der Waals surface area contributed by atoms with Crippen molar-refractivity contribution in [3.05, 3.63) is 54.1 Å². The average molecular weight is 290 g/mol. The molecule has 0 unspecified atom stereocenters. The third-order valence-electron chi connectivity index (χ3n) is 4.04. The van der Waals surface area contributed by atoms with E-state index in [1.54, 1.807) is 9.58 Å². The summed E-state index contributed by atoms with van der Waals surface area (Å²) in [5.74, 6) is 0. The number of carbonyl (C=O) groups excluding carboxylic acids is 1. The molecule has 0 N–H and O–H groups in total. The van der Waals surface area contributed by atoms with Crippen LogP contribution in [0.2, 0.25) is 0 Å². The maximum atomic E-state index is 11.6. The third-order valence-corrected chi connectivity index (χ3v) is 4.04. The monoisotopic (exact) mass is 290 g/mol. The minimum absolute atomic E-state index is 0.521. The molecule has 2 aromatic carbocycles. The number of rotatable bonds is 1. The average Bonchev–Trinajstić information content (AvgIpc) is 2.92. The van der Waals surface area contributed by atoms with E-state index >= 15 is 0 Å². The Kier molecular flexibility index (Phi) is 2.79. The number of nitrogens with zero attached hydrogens (tertiary/aromatic N) is 4. The number of aryl methyl sites for hydroxylation is 1. The van der Waals surface area contributed by atoms with Crippen molar-refractivity contribution in [1.82, 2.24) is 15.0 Å². The molecule has 0 saturated carbocycles. The molecule has 1 aliphatic rings. The molecule has 1 aliphatic heterocycles. The number of amides is 1. The molecular weight excluding hydrogens is 276 g/mol. The minimum atomic E-state index is 0.521. The van der Waals surface area contributed by atoms with Crippen LogP contribution >= 0.6 is 0 Å². The second kappa shape index (κ2) is 4.80. The number of benzene rings is 2. The summed E-state index contributed by atoms with van der Waals surface area (Å²) < 4.78 is 1.76. The quantitative estimate of drug-likeness (QED) is 0.647. The highest BCUT2D eigenvalue weighted by molar-refractivity contribution is 5.92. The van der Waals surface area contributed by atoms with E-state index < -0.39 is 0 Å². The number of carbonyl (C=O) groups is 1. The number of fused-ring (bicyclic) bond motifs is 5. The van der Waals surface area contributed by atoms with Crippen LogP contribution < -0.4 is 4.90 Å². The van der Waals surface area contributed by atoms with Crippen LogP contribution in [-0.2, 0) is 18.4 Å². The largest absolute Gasteiger partial charge is 0.310 e. The Labute approximate surface area is 127 Å². The van der Waals surface area contributed by atoms with Crippen LogP contribution in [-0.4, -0.2) is 21.4 Å². The van der Waals surface area contributed by atoms with E-state index in [0.717, 1.165) is 40.2 Å². The van der Waals surface area contributed by atoms with Crippen LogP contribution in [0.25, 0.3) is 22.5 Å². The lowest BCUT2D eigenvalue weighted by Gasteiger charge is -2.25. The Morgan fingerprint density at radius 3 is 2.59 bits per heavy atom. The van der Waals surface area contributed by atoms with Gasteiger partial charge < -0.3 is 4.90 Å². The summed E-state index contributed by atoms with van der Waals surface area (Å²) >= 11 is 0. The standard InChI is InChI=1S/C17H14N4O/c1-20-17-14-8-4-5-9-15(14)21(11-22)10-12-6-2-3-7-13(12)16(17)18-19-20/h2-9,11H,10H2,1H3. The molecule has 0 saturated heterocycles. The fourth-order valence-corrected chi connectivity index (χ4v) is 3.02. The Hall–Kier alpha value is -2.95. The van der Waals surface area contributed by atoms with Crippen molar-refractivity contribution in [1.29, 1.82) is 0 Å². The van der Waals surface area contributed by atoms with E-state index in [2.05, 4.69) is 10.3 Å². The summed E-state index contributed by atoms with van der Waals surface area (Å²) in [6.07, 6.45) is 0.879. The number of anilines is 1. The van der Waals surface area contributed by atoms with Crippen molar-refractivity contribution in [3.63, 3.8) is 0 Å². The van der Waals surface area contributed by atoms with Crippen LogP contribution in [0.15, 0.2) is 48.5 Å². The fraction of sp³-hybridized carbons (Fsp3) is 0.118. The van der Waals surface area contributed by atoms with Crippen LogP contribution in [0.5, 0.6) is 0 Å². The SMILES string of the molecule is Cn1nnc2c1-c1ccccc1N(C=O)Cc1ccccc1-2. The van der Waals surface area contributed by atoms with Crippen molar-refractivity contribution in [3.8, 4) is 22.5 Å². The van der Waals surface area contributed by atoms with Crippen molar-refractivity contribution < 1.29 is 4.79 Å². The molecule has 3 aromatic rings. The number of hydrogen-bond donors (Lipinski definition) is 0. The first kappa shape index (κ1) is 12.8. The van der Waals surface area contributed by atoms with Crippen LogP contribution in [0.4, 0.5) is 5.69 Å².